The van der Waals surface area contributed by atoms with Crippen LogP contribution in [-0.4, -0.2) is 17.8 Å². The molecular weight excluding hydrogens is 570 g/mol. The molecule has 0 bridgehead atoms. The van der Waals surface area contributed by atoms with Gasteiger partial charge < -0.3 is 13.9 Å². The second-order valence-electron chi connectivity index (χ2n) is 10.4. The lowest BCUT2D eigenvalue weighted by Crippen LogP contribution is -2.30. The summed E-state index contributed by atoms with van der Waals surface area (Å²) in [4.78, 5) is 53.6. The molecule has 0 atom stereocenters. The predicted octanol–water partition coefficient (Wildman–Crippen LogP) is 7.49. The minimum Gasteiger partial charge on any atom is -0.460 e. The van der Waals surface area contributed by atoms with Crippen LogP contribution in [-0.2, 0) is 0 Å². The van der Waals surface area contributed by atoms with Gasteiger partial charge in [-0.1, -0.05) is 23.7 Å². The zero-order valence-electron chi connectivity index (χ0n) is 23.6. The molecule has 1 aliphatic rings. The average Bonchev–Trinajstić information content (AvgIpc) is 3.23. The van der Waals surface area contributed by atoms with E-state index in [1.807, 2.05) is 39.8 Å². The molecule has 2 heterocycles. The molecule has 0 N–H and O–H groups in total. The van der Waals surface area contributed by atoms with Crippen molar-refractivity contribution >= 4 is 46.0 Å². The largest absolute Gasteiger partial charge is 0.460 e. The van der Waals surface area contributed by atoms with Crippen molar-refractivity contribution in [3.8, 4) is 17.2 Å². The number of ether oxygens (including phenoxy) is 2. The molecule has 0 saturated carbocycles. The molecule has 8 nitrogen and oxygen atoms in total. The number of halogens is 1. The Morgan fingerprint density at radius 2 is 1.49 bits per heavy atom. The van der Waals surface area contributed by atoms with Gasteiger partial charge in [0.1, 0.15) is 23.3 Å². The van der Waals surface area contributed by atoms with Crippen molar-refractivity contribution in [3.63, 3.8) is 0 Å². The number of aryl methyl sites for hydroxylation is 4. The van der Waals surface area contributed by atoms with E-state index in [9.17, 15) is 19.2 Å². The Morgan fingerprint density at radius 3 is 2.23 bits per heavy atom. The van der Waals surface area contributed by atoms with E-state index in [4.69, 9.17) is 25.5 Å². The van der Waals surface area contributed by atoms with Crippen LogP contribution in [0.2, 0.25) is 5.02 Å². The van der Waals surface area contributed by atoms with Crippen LogP contribution in [0.3, 0.4) is 0 Å². The van der Waals surface area contributed by atoms with E-state index >= 15 is 0 Å². The van der Waals surface area contributed by atoms with Gasteiger partial charge in [-0.25, -0.2) is 9.69 Å². The molecule has 1 aliphatic heterocycles. The Kier molecular flexibility index (Phi) is 6.86. The van der Waals surface area contributed by atoms with E-state index in [1.54, 1.807) is 18.2 Å². The fourth-order valence-electron chi connectivity index (χ4n) is 5.03. The highest BCUT2D eigenvalue weighted by atomic mass is 35.5. The minimum atomic E-state index is -0.747. The molecule has 9 heteroatoms. The van der Waals surface area contributed by atoms with E-state index in [-0.39, 0.29) is 39.2 Å². The smallest absolute Gasteiger partial charge is 0.343 e. The number of nitrogens with zero attached hydrogens (tertiary/aromatic N) is 1. The summed E-state index contributed by atoms with van der Waals surface area (Å²) in [6, 6.07) is 17.6. The average molecular weight is 594 g/mol. The molecule has 0 fully saturated rings. The first-order valence-corrected chi connectivity index (χ1v) is 13.7. The van der Waals surface area contributed by atoms with Gasteiger partial charge in [0.25, 0.3) is 11.8 Å². The highest BCUT2D eigenvalue weighted by Crippen LogP contribution is 2.33. The highest BCUT2D eigenvalue weighted by molar-refractivity contribution is 6.35. The summed E-state index contributed by atoms with van der Waals surface area (Å²) in [5.41, 5.74) is 3.99. The highest BCUT2D eigenvalue weighted by Gasteiger charge is 2.38. The number of hydrogen-bond donors (Lipinski definition) is 0. The number of anilines is 1. The third-order valence-electron chi connectivity index (χ3n) is 7.29. The molecular formula is C34H24ClNO7. The molecule has 1 aromatic heterocycles. The summed E-state index contributed by atoms with van der Waals surface area (Å²) in [5.74, 6) is -1.16. The van der Waals surface area contributed by atoms with Crippen molar-refractivity contribution in [3.05, 3.63) is 127 Å². The van der Waals surface area contributed by atoms with Gasteiger partial charge in [0.2, 0.25) is 11.2 Å². The van der Waals surface area contributed by atoms with Gasteiger partial charge in [-0.05, 0) is 98.5 Å². The SMILES string of the molecule is Cc1ccc(C)c(N2C(=O)c3ccc(C(=O)Oc4ccc5c(=O)c(Oc6cc(C)c(Cl)c(C)c6)coc5c4)cc3C2=O)c1. The van der Waals surface area contributed by atoms with Crippen LogP contribution in [0.5, 0.6) is 17.2 Å². The van der Waals surface area contributed by atoms with Crippen molar-refractivity contribution in [1.82, 2.24) is 0 Å². The summed E-state index contributed by atoms with van der Waals surface area (Å²) >= 11 is 6.23. The van der Waals surface area contributed by atoms with E-state index < -0.39 is 23.2 Å². The zero-order chi connectivity index (χ0) is 30.6. The third-order valence-corrected chi connectivity index (χ3v) is 7.89. The fraction of sp³-hybridized carbons (Fsp3) is 0.118. The third kappa shape index (κ3) is 4.96. The van der Waals surface area contributed by atoms with Crippen LogP contribution in [0.1, 0.15) is 53.3 Å². The maximum absolute atomic E-state index is 13.3. The first kappa shape index (κ1) is 27.9. The summed E-state index contributed by atoms with van der Waals surface area (Å²) in [7, 11) is 0. The lowest BCUT2D eigenvalue weighted by atomic mass is 10.1. The number of esters is 1. The van der Waals surface area contributed by atoms with Crippen molar-refractivity contribution in [1.29, 1.82) is 0 Å². The first-order valence-electron chi connectivity index (χ1n) is 13.3. The van der Waals surface area contributed by atoms with Crippen LogP contribution in [0.25, 0.3) is 11.0 Å². The normalized spacial score (nSPS) is 12.5. The molecule has 214 valence electrons. The molecule has 43 heavy (non-hydrogen) atoms. The molecule has 0 unspecified atom stereocenters. The molecule has 0 radical (unpaired) electrons. The van der Waals surface area contributed by atoms with Gasteiger partial charge in [0, 0.05) is 11.1 Å². The van der Waals surface area contributed by atoms with Crippen LogP contribution in [0.4, 0.5) is 5.69 Å². The van der Waals surface area contributed by atoms with Crippen molar-refractivity contribution in [2.75, 3.05) is 4.90 Å². The lowest BCUT2D eigenvalue weighted by Gasteiger charge is -2.17. The summed E-state index contributed by atoms with van der Waals surface area (Å²) < 4.78 is 16.9. The number of rotatable bonds is 5. The molecule has 0 saturated heterocycles. The summed E-state index contributed by atoms with van der Waals surface area (Å²) in [6.07, 6.45) is 1.19. The molecule has 2 amide bonds. The number of carbonyl (C=O) groups excluding carboxylic acids is 3. The van der Waals surface area contributed by atoms with Gasteiger partial charge in [0.05, 0.1) is 27.8 Å². The topological polar surface area (TPSA) is 103 Å². The standard InChI is InChI=1S/C34H24ClNO7/c1-17-5-6-18(2)27(11-17)36-32(38)24-9-7-21(14-26(24)33(36)39)34(40)43-22-8-10-25-28(15-22)41-16-29(31(25)37)42-23-12-19(3)30(35)20(4)13-23/h5-16H,1-4H3. The van der Waals surface area contributed by atoms with E-state index in [1.165, 1.54) is 42.7 Å². The number of fused-ring (bicyclic) bond motifs is 2. The van der Waals surface area contributed by atoms with Crippen molar-refractivity contribution in [2.24, 2.45) is 0 Å². The fourth-order valence-corrected chi connectivity index (χ4v) is 5.14. The van der Waals surface area contributed by atoms with E-state index in [0.29, 0.717) is 16.5 Å². The van der Waals surface area contributed by atoms with Crippen LogP contribution in [0, 0.1) is 27.7 Å². The molecule has 6 rings (SSSR count). The summed E-state index contributed by atoms with van der Waals surface area (Å²) in [6.45, 7) is 7.38. The summed E-state index contributed by atoms with van der Waals surface area (Å²) in [5, 5.41) is 0.854. The quantitative estimate of drug-likeness (QED) is 0.118. The van der Waals surface area contributed by atoms with Crippen LogP contribution in [0.15, 0.2) is 82.2 Å². The number of carbonyl (C=O) groups is 3. The van der Waals surface area contributed by atoms with Gasteiger partial charge in [0.15, 0.2) is 0 Å². The predicted molar refractivity (Wildman–Crippen MR) is 162 cm³/mol. The van der Waals surface area contributed by atoms with Crippen molar-refractivity contribution in [2.45, 2.75) is 27.7 Å². The van der Waals surface area contributed by atoms with Gasteiger partial charge >= 0.3 is 5.97 Å². The Hall–Kier alpha value is -5.21. The van der Waals surface area contributed by atoms with E-state index in [0.717, 1.165) is 27.2 Å². The van der Waals surface area contributed by atoms with E-state index in [2.05, 4.69) is 0 Å². The van der Waals surface area contributed by atoms with Gasteiger partial charge in [-0.3, -0.25) is 14.4 Å². The molecule has 0 aliphatic carbocycles. The minimum absolute atomic E-state index is 0.00868. The molecule has 0 spiro atoms. The first-order chi connectivity index (χ1) is 20.5. The molecule has 5 aromatic rings. The van der Waals surface area contributed by atoms with Crippen LogP contribution < -0.4 is 19.8 Å². The van der Waals surface area contributed by atoms with Crippen LogP contribution >= 0.6 is 11.6 Å². The second kappa shape index (κ2) is 10.6. The Balaban J connectivity index is 1.23. The zero-order valence-corrected chi connectivity index (χ0v) is 24.4. The maximum Gasteiger partial charge on any atom is 0.343 e. The Morgan fingerprint density at radius 1 is 0.767 bits per heavy atom. The lowest BCUT2D eigenvalue weighted by molar-refractivity contribution is 0.0734. The van der Waals surface area contributed by atoms with Gasteiger partial charge in [-0.15, -0.1) is 0 Å². The second-order valence-corrected chi connectivity index (χ2v) is 10.8. The number of hydrogen-bond acceptors (Lipinski definition) is 7. The van der Waals surface area contributed by atoms with Gasteiger partial charge in [-0.2, -0.15) is 0 Å². The Labute approximate surface area is 251 Å². The number of benzene rings is 4. The number of amides is 2. The maximum atomic E-state index is 13.3. The molecule has 4 aromatic carbocycles. The van der Waals surface area contributed by atoms with Crippen molar-refractivity contribution < 1.29 is 28.3 Å². The monoisotopic (exact) mass is 593 g/mol. The number of imide groups is 1. The Bertz CT molecular complexity index is 2060.